The lowest BCUT2D eigenvalue weighted by Gasteiger charge is -2.32. The molecule has 0 bridgehead atoms. The maximum Gasteiger partial charge on any atom is 0.256 e. The number of nitrogens with zero attached hydrogens (tertiary/aromatic N) is 4. The van der Waals surface area contributed by atoms with Crippen molar-refractivity contribution in [1.29, 1.82) is 0 Å². The molecule has 1 fully saturated rings. The molecule has 3 N–H and O–H groups in total. The average Bonchev–Trinajstić information content (AvgIpc) is 3.75. The zero-order valence-corrected chi connectivity index (χ0v) is 22.9. The number of rotatable bonds is 6. The van der Waals surface area contributed by atoms with E-state index in [0.29, 0.717) is 30.9 Å². The predicted octanol–water partition coefficient (Wildman–Crippen LogP) is 4.56. The molecule has 208 valence electrons. The number of likely N-dealkylation sites (N-methyl/N-ethyl adjacent to an activating group) is 1. The van der Waals surface area contributed by atoms with Gasteiger partial charge in [0.1, 0.15) is 5.82 Å². The highest BCUT2D eigenvalue weighted by Crippen LogP contribution is 2.38. The first-order chi connectivity index (χ1) is 20.0. The van der Waals surface area contributed by atoms with Crippen LogP contribution in [0.3, 0.4) is 0 Å². The summed E-state index contributed by atoms with van der Waals surface area (Å²) < 4.78 is 13.3. The standard InChI is InChI=1S/C32H32N6O3/c1-36-11-13-37(14-12-36)32(39)26-18-38(17-25(26)24-8-4-6-22-5-2-3-7-23(22)24)27(30-31(33)35-19-34-30)15-21-9-10-28-29(16-21)41-20-40-28/h2-10,16-19,27H,11-15,20,33H2,1H3,(H,34,35). The second-order valence-electron chi connectivity index (χ2n) is 10.8. The number of aromatic nitrogens is 3. The lowest BCUT2D eigenvalue weighted by atomic mass is 9.97. The molecule has 9 heteroatoms. The summed E-state index contributed by atoms with van der Waals surface area (Å²) in [6.45, 7) is 3.33. The summed E-state index contributed by atoms with van der Waals surface area (Å²) in [7, 11) is 2.09. The van der Waals surface area contributed by atoms with Crippen molar-refractivity contribution in [2.45, 2.75) is 12.5 Å². The summed E-state index contributed by atoms with van der Waals surface area (Å²) in [5.74, 6) is 1.95. The van der Waals surface area contributed by atoms with Crippen LogP contribution in [0.1, 0.15) is 27.7 Å². The van der Waals surface area contributed by atoms with Gasteiger partial charge in [-0.25, -0.2) is 4.98 Å². The molecule has 1 unspecified atom stereocenters. The fourth-order valence-electron chi connectivity index (χ4n) is 5.91. The number of nitrogens with two attached hydrogens (primary N) is 1. The van der Waals surface area contributed by atoms with E-state index in [1.54, 1.807) is 6.33 Å². The van der Waals surface area contributed by atoms with Crippen molar-refractivity contribution < 1.29 is 14.3 Å². The van der Waals surface area contributed by atoms with E-state index in [4.69, 9.17) is 15.2 Å². The number of carbonyl (C=O) groups excluding carboxylic acids is 1. The molecule has 9 nitrogen and oxygen atoms in total. The van der Waals surface area contributed by atoms with Gasteiger partial charge in [-0.05, 0) is 47.5 Å². The number of imidazole rings is 1. The van der Waals surface area contributed by atoms with Crippen LogP contribution >= 0.6 is 0 Å². The number of amides is 1. The van der Waals surface area contributed by atoms with Crippen LogP contribution < -0.4 is 15.2 Å². The van der Waals surface area contributed by atoms with Crippen molar-refractivity contribution in [3.63, 3.8) is 0 Å². The van der Waals surface area contributed by atoms with Gasteiger partial charge in [0.15, 0.2) is 11.5 Å². The zero-order valence-electron chi connectivity index (χ0n) is 22.9. The Morgan fingerprint density at radius 2 is 1.78 bits per heavy atom. The first kappa shape index (κ1) is 25.2. The van der Waals surface area contributed by atoms with Crippen molar-refractivity contribution in [2.75, 3.05) is 45.8 Å². The van der Waals surface area contributed by atoms with E-state index in [1.165, 1.54) is 0 Å². The number of hydrogen-bond acceptors (Lipinski definition) is 6. The van der Waals surface area contributed by atoms with Crippen LogP contribution in [0.4, 0.5) is 5.82 Å². The van der Waals surface area contributed by atoms with Crippen molar-refractivity contribution in [3.05, 3.63) is 96.2 Å². The lowest BCUT2D eigenvalue weighted by Crippen LogP contribution is -2.47. The van der Waals surface area contributed by atoms with Crippen molar-refractivity contribution >= 4 is 22.5 Å². The largest absolute Gasteiger partial charge is 0.454 e. The minimum atomic E-state index is -0.236. The molecule has 41 heavy (non-hydrogen) atoms. The highest BCUT2D eigenvalue weighted by Gasteiger charge is 2.28. The highest BCUT2D eigenvalue weighted by molar-refractivity contribution is 6.06. The Hall–Kier alpha value is -4.76. The fraction of sp³-hybridized carbons (Fsp3) is 0.250. The van der Waals surface area contributed by atoms with Gasteiger partial charge in [-0.3, -0.25) is 4.79 Å². The van der Waals surface area contributed by atoms with Gasteiger partial charge in [-0.15, -0.1) is 0 Å². The molecule has 1 atom stereocenters. The van der Waals surface area contributed by atoms with E-state index in [9.17, 15) is 4.79 Å². The molecule has 0 saturated carbocycles. The van der Waals surface area contributed by atoms with Crippen LogP contribution in [0.5, 0.6) is 11.5 Å². The van der Waals surface area contributed by atoms with Gasteiger partial charge in [0.2, 0.25) is 6.79 Å². The summed E-state index contributed by atoms with van der Waals surface area (Å²) in [6.07, 6.45) is 6.29. The van der Waals surface area contributed by atoms with Gasteiger partial charge >= 0.3 is 0 Å². The van der Waals surface area contributed by atoms with Crippen LogP contribution in [-0.2, 0) is 6.42 Å². The minimum absolute atomic E-state index is 0.0409. The number of hydrogen-bond donors (Lipinski definition) is 2. The van der Waals surface area contributed by atoms with Crippen molar-refractivity contribution in [2.24, 2.45) is 0 Å². The molecule has 1 amide bonds. The van der Waals surface area contributed by atoms with Crippen LogP contribution in [0.25, 0.3) is 21.9 Å². The summed E-state index contributed by atoms with van der Waals surface area (Å²) >= 11 is 0. The Balaban J connectivity index is 1.36. The van der Waals surface area contributed by atoms with E-state index in [2.05, 4.69) is 63.0 Å². The second kappa shape index (κ2) is 10.3. The molecular weight excluding hydrogens is 516 g/mol. The number of carbonyl (C=O) groups is 1. The Labute approximate surface area is 238 Å². The molecule has 0 spiro atoms. The molecule has 2 aliphatic rings. The number of fused-ring (bicyclic) bond motifs is 2. The van der Waals surface area contributed by atoms with Gasteiger partial charge in [-0.2, -0.15) is 0 Å². The third kappa shape index (κ3) is 4.68. The molecule has 1 saturated heterocycles. The maximum atomic E-state index is 14.1. The Bertz CT molecular complexity index is 1730. The number of nitrogen functional groups attached to an aromatic ring is 1. The average molecular weight is 549 g/mol. The number of piperazine rings is 1. The zero-order chi connectivity index (χ0) is 27.9. The molecule has 2 aliphatic heterocycles. The topological polar surface area (TPSA) is 102 Å². The van der Waals surface area contributed by atoms with Crippen molar-refractivity contribution in [3.8, 4) is 22.6 Å². The van der Waals surface area contributed by atoms with Gasteiger partial charge in [0, 0.05) is 44.1 Å². The SMILES string of the molecule is CN1CCN(C(=O)c2cn(C(Cc3ccc4c(c3)OCO4)c3[nH]cnc3N)cc2-c2cccc3ccccc23)CC1. The molecule has 2 aromatic heterocycles. The third-order valence-electron chi connectivity index (χ3n) is 8.21. The molecule has 5 aromatic rings. The van der Waals surface area contributed by atoms with Gasteiger partial charge < -0.3 is 34.6 Å². The van der Waals surface area contributed by atoms with Gasteiger partial charge in [0.05, 0.1) is 23.6 Å². The molecule has 0 aliphatic carbocycles. The quantitative estimate of drug-likeness (QED) is 0.323. The summed E-state index contributed by atoms with van der Waals surface area (Å²) in [5.41, 5.74) is 10.8. The molecular formula is C32H32N6O3. The summed E-state index contributed by atoms with van der Waals surface area (Å²) in [4.78, 5) is 25.9. The normalized spacial score (nSPS) is 15.9. The van der Waals surface area contributed by atoms with Crippen molar-refractivity contribution in [1.82, 2.24) is 24.3 Å². The van der Waals surface area contributed by atoms with Gasteiger partial charge in [-0.1, -0.05) is 48.5 Å². The minimum Gasteiger partial charge on any atom is -0.454 e. The lowest BCUT2D eigenvalue weighted by molar-refractivity contribution is 0.0664. The number of nitrogens with one attached hydrogen (secondary N) is 1. The van der Waals surface area contributed by atoms with E-state index >= 15 is 0 Å². The molecule has 0 radical (unpaired) electrons. The van der Waals surface area contributed by atoms with Crippen LogP contribution in [0.15, 0.2) is 79.4 Å². The van der Waals surface area contributed by atoms with E-state index in [0.717, 1.165) is 57.7 Å². The molecule has 4 heterocycles. The van der Waals surface area contributed by atoms with Crippen LogP contribution in [0.2, 0.25) is 0 Å². The predicted molar refractivity (Wildman–Crippen MR) is 158 cm³/mol. The smallest absolute Gasteiger partial charge is 0.256 e. The van der Waals surface area contributed by atoms with Crippen LogP contribution in [0, 0.1) is 0 Å². The third-order valence-corrected chi connectivity index (χ3v) is 8.21. The molecule has 3 aromatic carbocycles. The monoisotopic (exact) mass is 548 g/mol. The van der Waals surface area contributed by atoms with Gasteiger partial charge in [0.25, 0.3) is 5.91 Å². The Morgan fingerprint density at radius 1 is 0.976 bits per heavy atom. The van der Waals surface area contributed by atoms with E-state index < -0.39 is 0 Å². The Kier molecular flexibility index (Phi) is 6.36. The number of aromatic amines is 1. The first-order valence-corrected chi connectivity index (χ1v) is 13.9. The summed E-state index contributed by atoms with van der Waals surface area (Å²) in [5, 5.41) is 2.24. The number of ether oxygens (including phenoxy) is 2. The summed E-state index contributed by atoms with van der Waals surface area (Å²) in [6, 6.07) is 20.3. The number of benzene rings is 3. The second-order valence-corrected chi connectivity index (χ2v) is 10.8. The van der Waals surface area contributed by atoms with E-state index in [1.807, 2.05) is 41.4 Å². The maximum absolute atomic E-state index is 14.1. The highest BCUT2D eigenvalue weighted by atomic mass is 16.7. The van der Waals surface area contributed by atoms with E-state index in [-0.39, 0.29) is 18.7 Å². The molecule has 7 rings (SSSR count). The fourth-order valence-corrected chi connectivity index (χ4v) is 5.91. The first-order valence-electron chi connectivity index (χ1n) is 13.9. The Morgan fingerprint density at radius 3 is 2.61 bits per heavy atom. The number of anilines is 1. The van der Waals surface area contributed by atoms with Crippen LogP contribution in [-0.4, -0.2) is 70.3 Å². The number of H-pyrrole nitrogens is 1.